The van der Waals surface area contributed by atoms with E-state index in [0.717, 1.165) is 36.1 Å². The predicted molar refractivity (Wildman–Crippen MR) is 92.8 cm³/mol. The van der Waals surface area contributed by atoms with E-state index in [0.29, 0.717) is 25.6 Å². The average Bonchev–Trinajstić information content (AvgIpc) is 3.05. The van der Waals surface area contributed by atoms with Gasteiger partial charge in [0.1, 0.15) is 5.82 Å². The van der Waals surface area contributed by atoms with Crippen LogP contribution in [-0.2, 0) is 12.8 Å². The van der Waals surface area contributed by atoms with Crippen LogP contribution < -0.4 is 4.90 Å². The molecule has 1 aliphatic rings. The Morgan fingerprint density at radius 1 is 1.00 bits per heavy atom. The molecule has 0 atom stereocenters. The molecule has 1 aromatic carbocycles. The first-order chi connectivity index (χ1) is 12.5. The number of hydrogen-bond acceptors (Lipinski definition) is 4. The molecular weight excluding hydrogens is 343 g/mol. The molecule has 4 rings (SSSR count). The van der Waals surface area contributed by atoms with Crippen molar-refractivity contribution in [1.82, 2.24) is 19.7 Å². The fraction of sp³-hybridized carbons (Fsp3) is 0.333. The van der Waals surface area contributed by atoms with Gasteiger partial charge in [-0.2, -0.15) is 18.3 Å². The summed E-state index contributed by atoms with van der Waals surface area (Å²) in [5.74, 6) is 0.379. The number of nitrogens with zero attached hydrogens (tertiary/aromatic N) is 5. The van der Waals surface area contributed by atoms with Crippen molar-refractivity contribution in [3.05, 3.63) is 54.4 Å². The van der Waals surface area contributed by atoms with Gasteiger partial charge in [0, 0.05) is 37.8 Å². The monoisotopic (exact) mass is 361 g/mol. The van der Waals surface area contributed by atoms with Crippen LogP contribution >= 0.6 is 0 Å². The van der Waals surface area contributed by atoms with Gasteiger partial charge in [-0.15, -0.1) is 0 Å². The number of benzene rings is 1. The van der Waals surface area contributed by atoms with Gasteiger partial charge in [0.2, 0.25) is 0 Å². The van der Waals surface area contributed by atoms with Crippen molar-refractivity contribution in [3.63, 3.8) is 0 Å². The third-order valence-corrected chi connectivity index (χ3v) is 4.65. The van der Waals surface area contributed by atoms with E-state index in [1.807, 2.05) is 40.0 Å². The largest absolute Gasteiger partial charge is 0.416 e. The van der Waals surface area contributed by atoms with E-state index in [2.05, 4.69) is 15.0 Å². The van der Waals surface area contributed by atoms with Crippen LogP contribution in [0.5, 0.6) is 0 Å². The summed E-state index contributed by atoms with van der Waals surface area (Å²) in [4.78, 5) is 8.24. The van der Waals surface area contributed by atoms with Crippen molar-refractivity contribution in [2.75, 3.05) is 31.1 Å². The molecule has 0 spiro atoms. The fourth-order valence-electron chi connectivity index (χ4n) is 3.21. The van der Waals surface area contributed by atoms with Crippen molar-refractivity contribution < 1.29 is 13.2 Å². The van der Waals surface area contributed by atoms with Gasteiger partial charge < -0.3 is 4.90 Å². The number of halogens is 3. The Morgan fingerprint density at radius 3 is 2.54 bits per heavy atom. The Morgan fingerprint density at radius 2 is 1.77 bits per heavy atom. The number of aromatic nitrogens is 3. The molecule has 0 radical (unpaired) electrons. The van der Waals surface area contributed by atoms with Gasteiger partial charge in [0.05, 0.1) is 23.9 Å². The maximum Gasteiger partial charge on any atom is 0.416 e. The number of fused-ring (bicyclic) bond motifs is 1. The normalized spacial score (nSPS) is 16.3. The standard InChI is InChI=1S/C18H18F3N5/c19-18(20,21)15-5-6-22-17(11-15)25-9-7-24(8-10-25)13-26-16-4-2-1-3-14(16)12-23-26/h1-6,11-12H,7-10,13H2. The van der Waals surface area contributed by atoms with Crippen LogP contribution in [0, 0.1) is 0 Å². The molecule has 1 fully saturated rings. The van der Waals surface area contributed by atoms with Crippen LogP contribution in [0.3, 0.4) is 0 Å². The van der Waals surface area contributed by atoms with E-state index >= 15 is 0 Å². The van der Waals surface area contributed by atoms with Crippen LogP contribution in [0.1, 0.15) is 5.56 Å². The second-order valence-corrected chi connectivity index (χ2v) is 6.35. The molecule has 8 heteroatoms. The van der Waals surface area contributed by atoms with Gasteiger partial charge in [-0.3, -0.25) is 9.58 Å². The van der Waals surface area contributed by atoms with Gasteiger partial charge in [-0.25, -0.2) is 4.98 Å². The zero-order chi connectivity index (χ0) is 18.1. The molecule has 0 saturated carbocycles. The van der Waals surface area contributed by atoms with Gasteiger partial charge in [0.15, 0.2) is 0 Å². The van der Waals surface area contributed by atoms with Gasteiger partial charge in [0.25, 0.3) is 0 Å². The summed E-state index contributed by atoms with van der Waals surface area (Å²) in [5.41, 5.74) is 0.419. The highest BCUT2D eigenvalue weighted by molar-refractivity contribution is 5.78. The Hall–Kier alpha value is -2.61. The minimum atomic E-state index is -4.35. The molecule has 1 aliphatic heterocycles. The summed E-state index contributed by atoms with van der Waals surface area (Å²) < 4.78 is 40.6. The van der Waals surface area contributed by atoms with E-state index in [4.69, 9.17) is 0 Å². The van der Waals surface area contributed by atoms with E-state index in [-0.39, 0.29) is 0 Å². The van der Waals surface area contributed by atoms with Crippen LogP contribution in [0.15, 0.2) is 48.8 Å². The molecule has 0 bridgehead atoms. The second-order valence-electron chi connectivity index (χ2n) is 6.35. The smallest absolute Gasteiger partial charge is 0.354 e. The maximum atomic E-state index is 12.9. The number of pyridine rings is 1. The molecule has 0 unspecified atom stereocenters. The minimum Gasteiger partial charge on any atom is -0.354 e. The third-order valence-electron chi connectivity index (χ3n) is 4.65. The highest BCUT2D eigenvalue weighted by Gasteiger charge is 2.31. The molecule has 3 heterocycles. The molecule has 2 aromatic heterocycles. The van der Waals surface area contributed by atoms with Crippen LogP contribution in [0.4, 0.5) is 19.0 Å². The lowest BCUT2D eigenvalue weighted by molar-refractivity contribution is -0.137. The molecule has 26 heavy (non-hydrogen) atoms. The summed E-state index contributed by atoms with van der Waals surface area (Å²) in [6, 6.07) is 10.1. The van der Waals surface area contributed by atoms with Crippen LogP contribution in [-0.4, -0.2) is 45.8 Å². The summed E-state index contributed by atoms with van der Waals surface area (Å²) in [7, 11) is 0. The second kappa shape index (κ2) is 6.60. The van der Waals surface area contributed by atoms with E-state index < -0.39 is 11.7 Å². The molecule has 3 aromatic rings. The van der Waals surface area contributed by atoms with Gasteiger partial charge in [-0.05, 0) is 18.2 Å². The minimum absolute atomic E-state index is 0.379. The average molecular weight is 361 g/mol. The SMILES string of the molecule is FC(F)(F)c1ccnc(N2CCN(Cn3ncc4ccccc43)CC2)c1. The Kier molecular flexibility index (Phi) is 4.28. The highest BCUT2D eigenvalue weighted by Crippen LogP contribution is 2.30. The first-order valence-corrected chi connectivity index (χ1v) is 8.42. The Balaban J connectivity index is 1.41. The number of para-hydroxylation sites is 1. The Bertz CT molecular complexity index is 897. The number of hydrogen-bond donors (Lipinski definition) is 0. The van der Waals surface area contributed by atoms with E-state index in [1.165, 1.54) is 6.20 Å². The third kappa shape index (κ3) is 3.37. The zero-order valence-corrected chi connectivity index (χ0v) is 14.0. The molecule has 0 N–H and O–H groups in total. The molecule has 0 amide bonds. The number of anilines is 1. The summed E-state index contributed by atoms with van der Waals surface area (Å²) >= 11 is 0. The van der Waals surface area contributed by atoms with Gasteiger partial charge in [-0.1, -0.05) is 18.2 Å². The molecule has 5 nitrogen and oxygen atoms in total. The quantitative estimate of drug-likeness (QED) is 0.718. The lowest BCUT2D eigenvalue weighted by atomic mass is 10.2. The predicted octanol–water partition coefficient (Wildman–Crippen LogP) is 3.23. The van der Waals surface area contributed by atoms with E-state index in [9.17, 15) is 13.2 Å². The Labute approximate surface area is 148 Å². The zero-order valence-electron chi connectivity index (χ0n) is 14.0. The molecule has 0 aliphatic carbocycles. The van der Waals surface area contributed by atoms with Crippen LogP contribution in [0.2, 0.25) is 0 Å². The number of piperazine rings is 1. The maximum absolute atomic E-state index is 12.9. The first kappa shape index (κ1) is 16.8. The van der Waals surface area contributed by atoms with Crippen molar-refractivity contribution in [3.8, 4) is 0 Å². The van der Waals surface area contributed by atoms with Crippen molar-refractivity contribution >= 4 is 16.7 Å². The summed E-state index contributed by atoms with van der Waals surface area (Å²) in [6.45, 7) is 3.41. The number of alkyl halides is 3. The van der Waals surface area contributed by atoms with Crippen molar-refractivity contribution in [2.45, 2.75) is 12.8 Å². The van der Waals surface area contributed by atoms with Crippen molar-refractivity contribution in [1.29, 1.82) is 0 Å². The molecule has 136 valence electrons. The van der Waals surface area contributed by atoms with Gasteiger partial charge >= 0.3 is 6.18 Å². The van der Waals surface area contributed by atoms with Crippen LogP contribution in [0.25, 0.3) is 10.9 Å². The summed E-state index contributed by atoms with van der Waals surface area (Å²) in [6.07, 6.45) is -1.28. The highest BCUT2D eigenvalue weighted by atomic mass is 19.4. The van der Waals surface area contributed by atoms with E-state index in [1.54, 1.807) is 0 Å². The van der Waals surface area contributed by atoms with Crippen molar-refractivity contribution in [2.24, 2.45) is 0 Å². The first-order valence-electron chi connectivity index (χ1n) is 8.42. The molecule has 1 saturated heterocycles. The molecular formula is C18H18F3N5. The topological polar surface area (TPSA) is 37.2 Å². The fourth-order valence-corrected chi connectivity index (χ4v) is 3.21. The number of rotatable bonds is 3. The lowest BCUT2D eigenvalue weighted by Gasteiger charge is -2.35. The lowest BCUT2D eigenvalue weighted by Crippen LogP contribution is -2.47. The summed E-state index contributed by atoms with van der Waals surface area (Å²) in [5, 5.41) is 5.53.